The van der Waals surface area contributed by atoms with Gasteiger partial charge in [0.05, 0.1) is 22.2 Å². The van der Waals surface area contributed by atoms with Crippen molar-refractivity contribution in [2.75, 3.05) is 26.2 Å². The molecule has 1 aromatic carbocycles. The molecular weight excluding hydrogens is 478 g/mol. The van der Waals surface area contributed by atoms with E-state index >= 15 is 0 Å². The van der Waals surface area contributed by atoms with Crippen LogP contribution in [0.5, 0.6) is 0 Å². The fourth-order valence-corrected chi connectivity index (χ4v) is 4.95. The molecule has 1 fully saturated rings. The summed E-state index contributed by atoms with van der Waals surface area (Å²) in [6.07, 6.45) is -8.73. The highest BCUT2D eigenvalue weighted by molar-refractivity contribution is 7.89. The number of hydrogen-bond donors (Lipinski definition) is 0. The second-order valence-electron chi connectivity index (χ2n) is 7.66. The van der Waals surface area contributed by atoms with E-state index < -0.39 is 56.0 Å². The standard InChI is InChI=1S/C19H20F6N4O3S/c1-12(2)29-16(19(23,24)25)15(11-26-29)17(30)27-6-8-28(9-7-27)33(31,32)14-5-3-4-13(10-14)18(20,21)22/h3-5,10-12H,6-9H2,1-2H3. The van der Waals surface area contributed by atoms with E-state index in [0.717, 1.165) is 33.6 Å². The van der Waals surface area contributed by atoms with E-state index in [-0.39, 0.29) is 26.2 Å². The van der Waals surface area contributed by atoms with E-state index in [2.05, 4.69) is 5.10 Å². The van der Waals surface area contributed by atoms with Crippen LogP contribution in [0.1, 0.15) is 41.5 Å². The van der Waals surface area contributed by atoms with Crippen LogP contribution in [0.2, 0.25) is 0 Å². The molecule has 0 N–H and O–H groups in total. The second-order valence-corrected chi connectivity index (χ2v) is 9.60. The summed E-state index contributed by atoms with van der Waals surface area (Å²) in [6.45, 7) is 1.91. The lowest BCUT2D eigenvalue weighted by Crippen LogP contribution is -2.50. The zero-order valence-corrected chi connectivity index (χ0v) is 18.3. The molecule has 0 spiro atoms. The highest BCUT2D eigenvalue weighted by atomic mass is 32.2. The molecule has 1 aliphatic rings. The molecule has 1 aromatic heterocycles. The summed E-state index contributed by atoms with van der Waals surface area (Å²) in [6, 6.07) is 2.60. The van der Waals surface area contributed by atoms with Crippen molar-refractivity contribution in [3.63, 3.8) is 0 Å². The van der Waals surface area contributed by atoms with Crippen LogP contribution in [-0.2, 0) is 22.4 Å². The smallest absolute Gasteiger partial charge is 0.336 e. The van der Waals surface area contributed by atoms with Gasteiger partial charge in [0.15, 0.2) is 5.69 Å². The maximum absolute atomic E-state index is 13.6. The fraction of sp³-hybridized carbons (Fsp3) is 0.474. The molecular formula is C19H20F6N4O3S. The summed E-state index contributed by atoms with van der Waals surface area (Å²) in [5, 5.41) is 3.67. The van der Waals surface area contributed by atoms with Crippen molar-refractivity contribution in [1.82, 2.24) is 19.0 Å². The number of halogens is 6. The first-order valence-electron chi connectivity index (χ1n) is 9.75. The predicted molar refractivity (Wildman–Crippen MR) is 104 cm³/mol. The third-order valence-electron chi connectivity index (χ3n) is 5.11. The number of carbonyl (C=O) groups excluding carboxylic acids is 1. The van der Waals surface area contributed by atoms with Gasteiger partial charge in [-0.25, -0.2) is 8.42 Å². The van der Waals surface area contributed by atoms with E-state index in [0.29, 0.717) is 10.7 Å². The van der Waals surface area contributed by atoms with E-state index in [9.17, 15) is 39.6 Å². The van der Waals surface area contributed by atoms with Crippen LogP contribution in [0.15, 0.2) is 35.4 Å². The quantitative estimate of drug-likeness (QED) is 0.604. The maximum Gasteiger partial charge on any atom is 0.433 e. The van der Waals surface area contributed by atoms with E-state index in [1.807, 2.05) is 0 Å². The Morgan fingerprint density at radius 3 is 2.12 bits per heavy atom. The number of nitrogens with zero attached hydrogens (tertiary/aromatic N) is 4. The van der Waals surface area contributed by atoms with Crippen molar-refractivity contribution >= 4 is 15.9 Å². The zero-order valence-electron chi connectivity index (χ0n) is 17.5. The van der Waals surface area contributed by atoms with E-state index in [4.69, 9.17) is 0 Å². The molecule has 0 bridgehead atoms. The molecule has 1 amide bonds. The summed E-state index contributed by atoms with van der Waals surface area (Å²) in [4.78, 5) is 13.3. The van der Waals surface area contributed by atoms with Gasteiger partial charge >= 0.3 is 12.4 Å². The summed E-state index contributed by atoms with van der Waals surface area (Å²) < 4.78 is 107. The molecule has 182 valence electrons. The number of aromatic nitrogens is 2. The van der Waals surface area contributed by atoms with Gasteiger partial charge in [0.1, 0.15) is 0 Å². The largest absolute Gasteiger partial charge is 0.433 e. The SMILES string of the molecule is CC(C)n1ncc(C(=O)N2CCN(S(=O)(=O)c3cccc(C(F)(F)F)c3)CC2)c1C(F)(F)F. The topological polar surface area (TPSA) is 75.5 Å². The first kappa shape index (κ1) is 25.0. The Bertz CT molecular complexity index is 1130. The van der Waals surface area contributed by atoms with E-state index in [1.165, 1.54) is 13.8 Å². The van der Waals surface area contributed by atoms with Crippen molar-refractivity contribution in [2.24, 2.45) is 0 Å². The normalized spacial score (nSPS) is 16.5. The Hall–Kier alpha value is -2.61. The summed E-state index contributed by atoms with van der Waals surface area (Å²) >= 11 is 0. The number of rotatable bonds is 4. The van der Waals surface area contributed by atoms with Crippen molar-refractivity contribution < 1.29 is 39.6 Å². The maximum atomic E-state index is 13.6. The van der Waals surface area contributed by atoms with Crippen LogP contribution in [-0.4, -0.2) is 59.5 Å². The predicted octanol–water partition coefficient (Wildman–Crippen LogP) is 3.65. The van der Waals surface area contributed by atoms with Crippen LogP contribution in [0.4, 0.5) is 26.3 Å². The first-order chi connectivity index (χ1) is 15.1. The lowest BCUT2D eigenvalue weighted by Gasteiger charge is -2.34. The summed E-state index contributed by atoms with van der Waals surface area (Å²) in [7, 11) is -4.30. The molecule has 0 atom stereocenters. The fourth-order valence-electron chi connectivity index (χ4n) is 3.48. The number of carbonyl (C=O) groups is 1. The molecule has 33 heavy (non-hydrogen) atoms. The molecule has 14 heteroatoms. The van der Waals surface area contributed by atoms with Gasteiger partial charge in [0.2, 0.25) is 10.0 Å². The Kier molecular flexibility index (Phi) is 6.54. The van der Waals surface area contributed by atoms with Gasteiger partial charge in [-0.1, -0.05) is 6.07 Å². The third kappa shape index (κ3) is 5.00. The van der Waals surface area contributed by atoms with Gasteiger partial charge in [-0.2, -0.15) is 35.7 Å². The summed E-state index contributed by atoms with van der Waals surface area (Å²) in [5.74, 6) is -0.953. The average Bonchev–Trinajstić information content (AvgIpc) is 3.19. The number of sulfonamides is 1. The molecule has 1 aliphatic heterocycles. The van der Waals surface area contributed by atoms with Gasteiger partial charge in [-0.05, 0) is 32.0 Å². The molecule has 2 heterocycles. The van der Waals surface area contributed by atoms with Crippen molar-refractivity contribution in [2.45, 2.75) is 37.1 Å². The Labute approximate surface area is 185 Å². The van der Waals surface area contributed by atoms with Crippen LogP contribution in [0.3, 0.4) is 0 Å². The zero-order chi connectivity index (χ0) is 24.8. The van der Waals surface area contributed by atoms with Crippen LogP contribution in [0, 0.1) is 0 Å². The minimum absolute atomic E-state index is 0.235. The first-order valence-corrected chi connectivity index (χ1v) is 11.2. The lowest BCUT2D eigenvalue weighted by molar-refractivity contribution is -0.145. The minimum Gasteiger partial charge on any atom is -0.336 e. The Morgan fingerprint density at radius 2 is 1.61 bits per heavy atom. The molecule has 3 rings (SSSR count). The number of hydrogen-bond acceptors (Lipinski definition) is 4. The van der Waals surface area contributed by atoms with Crippen LogP contribution < -0.4 is 0 Å². The van der Waals surface area contributed by atoms with Crippen molar-refractivity contribution in [3.8, 4) is 0 Å². The molecule has 7 nitrogen and oxygen atoms in total. The Morgan fingerprint density at radius 1 is 1.00 bits per heavy atom. The van der Waals surface area contributed by atoms with Gasteiger partial charge in [0.25, 0.3) is 5.91 Å². The van der Waals surface area contributed by atoms with E-state index in [1.54, 1.807) is 0 Å². The molecule has 1 saturated heterocycles. The molecule has 0 radical (unpaired) electrons. The van der Waals surface area contributed by atoms with Crippen molar-refractivity contribution in [3.05, 3.63) is 47.3 Å². The number of benzene rings is 1. The second kappa shape index (κ2) is 8.63. The van der Waals surface area contributed by atoms with Gasteiger partial charge in [-0.3, -0.25) is 9.48 Å². The van der Waals surface area contributed by atoms with Gasteiger partial charge in [0, 0.05) is 32.2 Å². The minimum atomic E-state index is -4.83. The highest BCUT2D eigenvalue weighted by Crippen LogP contribution is 2.35. The number of alkyl halides is 6. The monoisotopic (exact) mass is 498 g/mol. The van der Waals surface area contributed by atoms with Crippen LogP contribution in [0.25, 0.3) is 0 Å². The third-order valence-corrected chi connectivity index (χ3v) is 7.00. The number of amides is 1. The van der Waals surface area contributed by atoms with Gasteiger partial charge < -0.3 is 4.90 Å². The van der Waals surface area contributed by atoms with Crippen LogP contribution >= 0.6 is 0 Å². The molecule has 0 aliphatic carbocycles. The average molecular weight is 498 g/mol. The molecule has 0 unspecified atom stereocenters. The number of piperazine rings is 1. The van der Waals surface area contributed by atoms with Gasteiger partial charge in [-0.15, -0.1) is 0 Å². The highest BCUT2D eigenvalue weighted by Gasteiger charge is 2.42. The lowest BCUT2D eigenvalue weighted by atomic mass is 10.2. The molecule has 2 aromatic rings. The molecule has 0 saturated carbocycles. The van der Waals surface area contributed by atoms with Crippen molar-refractivity contribution in [1.29, 1.82) is 0 Å². The summed E-state index contributed by atoms with van der Waals surface area (Å²) in [5.41, 5.74) is -2.97. The Balaban J connectivity index is 1.79.